The number of hydrogen-bond donors (Lipinski definition) is 1. The highest BCUT2D eigenvalue weighted by Gasteiger charge is 2.10. The highest BCUT2D eigenvalue weighted by atomic mass is 79.9. The number of nitrogen functional groups attached to an aromatic ring is 1. The first-order valence-electron chi connectivity index (χ1n) is 5.22. The number of nitrogens with two attached hydrogens (primary N) is 1. The molecule has 17 heavy (non-hydrogen) atoms. The molecular formula is C12H13Br2N3. The molecule has 0 aliphatic rings. The summed E-state index contributed by atoms with van der Waals surface area (Å²) in [5.41, 5.74) is 9.95. The fraction of sp³-hybridized carbons (Fsp3) is 0.250. The monoisotopic (exact) mass is 357 g/mol. The predicted octanol–water partition coefficient (Wildman–Crippen LogP) is 3.66. The smallest absolute Gasteiger partial charge is 0.0738 e. The summed E-state index contributed by atoms with van der Waals surface area (Å²) in [6.07, 6.45) is 0. The number of nitrogens with zero attached hydrogens (tertiary/aromatic N) is 2. The van der Waals surface area contributed by atoms with Crippen LogP contribution in [0.25, 0.3) is 0 Å². The second-order valence-corrected chi connectivity index (χ2v) is 5.69. The van der Waals surface area contributed by atoms with Gasteiger partial charge in [-0.2, -0.15) is 5.10 Å². The van der Waals surface area contributed by atoms with Crippen LogP contribution >= 0.6 is 31.9 Å². The van der Waals surface area contributed by atoms with Gasteiger partial charge in [-0.25, -0.2) is 0 Å². The van der Waals surface area contributed by atoms with Crippen LogP contribution in [0, 0.1) is 13.8 Å². The van der Waals surface area contributed by atoms with Crippen LogP contribution in [0.15, 0.2) is 27.1 Å². The second kappa shape index (κ2) is 4.82. The van der Waals surface area contributed by atoms with E-state index in [2.05, 4.69) is 37.0 Å². The zero-order chi connectivity index (χ0) is 12.6. The van der Waals surface area contributed by atoms with Crippen molar-refractivity contribution in [1.29, 1.82) is 0 Å². The van der Waals surface area contributed by atoms with Crippen molar-refractivity contribution in [2.24, 2.45) is 0 Å². The van der Waals surface area contributed by atoms with Crippen molar-refractivity contribution >= 4 is 37.5 Å². The van der Waals surface area contributed by atoms with Gasteiger partial charge in [-0.05, 0) is 47.5 Å². The minimum atomic E-state index is 0.692. The Morgan fingerprint density at radius 1 is 1.29 bits per heavy atom. The lowest BCUT2D eigenvalue weighted by Gasteiger charge is -2.08. The topological polar surface area (TPSA) is 43.8 Å². The molecule has 0 aliphatic carbocycles. The Hall–Kier alpha value is -0.810. The van der Waals surface area contributed by atoms with Gasteiger partial charge in [0.05, 0.1) is 22.4 Å². The summed E-state index contributed by atoms with van der Waals surface area (Å²) in [5, 5.41) is 4.47. The molecule has 3 nitrogen and oxygen atoms in total. The molecule has 2 N–H and O–H groups in total. The third kappa shape index (κ3) is 2.55. The van der Waals surface area contributed by atoms with Gasteiger partial charge in [-0.3, -0.25) is 4.68 Å². The fourth-order valence-electron chi connectivity index (χ4n) is 1.70. The maximum Gasteiger partial charge on any atom is 0.0738 e. The van der Waals surface area contributed by atoms with Gasteiger partial charge in [0.25, 0.3) is 0 Å². The van der Waals surface area contributed by atoms with E-state index in [-0.39, 0.29) is 0 Å². The molecule has 1 aromatic heterocycles. The third-order valence-corrected chi connectivity index (χ3v) is 4.36. The normalized spacial score (nSPS) is 10.8. The van der Waals surface area contributed by atoms with Crippen molar-refractivity contribution in [2.45, 2.75) is 20.4 Å². The van der Waals surface area contributed by atoms with E-state index in [0.29, 0.717) is 6.54 Å². The zero-order valence-corrected chi connectivity index (χ0v) is 12.8. The van der Waals surface area contributed by atoms with Gasteiger partial charge in [-0.15, -0.1) is 0 Å². The van der Waals surface area contributed by atoms with Gasteiger partial charge < -0.3 is 5.73 Å². The van der Waals surface area contributed by atoms with Crippen LogP contribution in [0.2, 0.25) is 0 Å². The summed E-state index contributed by atoms with van der Waals surface area (Å²) in [6.45, 7) is 4.72. The van der Waals surface area contributed by atoms with Crippen LogP contribution in [-0.4, -0.2) is 9.78 Å². The number of anilines is 1. The molecule has 90 valence electrons. The SMILES string of the molecule is Cc1nn(Cc2ccc(Br)cc2N)c(C)c1Br. The molecule has 0 saturated heterocycles. The molecule has 0 bridgehead atoms. The molecule has 1 aromatic carbocycles. The molecule has 5 heteroatoms. The van der Waals surface area contributed by atoms with E-state index >= 15 is 0 Å². The van der Waals surface area contributed by atoms with E-state index in [4.69, 9.17) is 5.73 Å². The van der Waals surface area contributed by atoms with E-state index in [1.165, 1.54) is 0 Å². The first-order chi connectivity index (χ1) is 7.99. The van der Waals surface area contributed by atoms with Gasteiger partial charge in [-0.1, -0.05) is 22.0 Å². The Bertz CT molecular complexity index is 561. The van der Waals surface area contributed by atoms with Crippen LogP contribution in [0.1, 0.15) is 17.0 Å². The average molecular weight is 359 g/mol. The largest absolute Gasteiger partial charge is 0.398 e. The van der Waals surface area contributed by atoms with Gasteiger partial charge in [0.1, 0.15) is 0 Å². The van der Waals surface area contributed by atoms with Crippen LogP contribution in [0.5, 0.6) is 0 Å². The van der Waals surface area contributed by atoms with Gasteiger partial charge >= 0.3 is 0 Å². The molecule has 0 saturated carbocycles. The van der Waals surface area contributed by atoms with E-state index < -0.39 is 0 Å². The number of rotatable bonds is 2. The Morgan fingerprint density at radius 2 is 2.00 bits per heavy atom. The highest BCUT2D eigenvalue weighted by molar-refractivity contribution is 9.10. The molecule has 0 amide bonds. The minimum absolute atomic E-state index is 0.692. The van der Waals surface area contributed by atoms with Crippen molar-refractivity contribution < 1.29 is 0 Å². The van der Waals surface area contributed by atoms with Crippen molar-refractivity contribution in [3.8, 4) is 0 Å². The number of aromatic nitrogens is 2. The first-order valence-corrected chi connectivity index (χ1v) is 6.81. The third-order valence-electron chi connectivity index (χ3n) is 2.72. The maximum absolute atomic E-state index is 5.98. The van der Waals surface area contributed by atoms with E-state index in [0.717, 1.165) is 31.6 Å². The van der Waals surface area contributed by atoms with Crippen molar-refractivity contribution in [2.75, 3.05) is 5.73 Å². The fourth-order valence-corrected chi connectivity index (χ4v) is 2.36. The first kappa shape index (κ1) is 12.6. The summed E-state index contributed by atoms with van der Waals surface area (Å²) >= 11 is 6.92. The molecule has 0 radical (unpaired) electrons. The van der Waals surface area contributed by atoms with Crippen LogP contribution in [0.3, 0.4) is 0 Å². The second-order valence-electron chi connectivity index (χ2n) is 3.99. The Kier molecular flexibility index (Phi) is 3.58. The Labute approximate surface area is 117 Å². The summed E-state index contributed by atoms with van der Waals surface area (Å²) in [7, 11) is 0. The van der Waals surface area contributed by atoms with E-state index in [9.17, 15) is 0 Å². The minimum Gasteiger partial charge on any atom is -0.398 e. The Balaban J connectivity index is 2.34. The van der Waals surface area contributed by atoms with Gasteiger partial charge in [0.15, 0.2) is 0 Å². The standard InChI is InChI=1S/C12H13Br2N3/c1-7-12(14)8(2)17(16-7)6-9-3-4-10(13)5-11(9)15/h3-5H,6,15H2,1-2H3. The molecule has 0 fully saturated rings. The van der Waals surface area contributed by atoms with E-state index in [1.54, 1.807) is 0 Å². The average Bonchev–Trinajstić information content (AvgIpc) is 2.50. The summed E-state index contributed by atoms with van der Waals surface area (Å²) in [5.74, 6) is 0. The van der Waals surface area contributed by atoms with Crippen LogP contribution in [0.4, 0.5) is 5.69 Å². The van der Waals surface area contributed by atoms with Crippen molar-refractivity contribution in [3.05, 3.63) is 44.1 Å². The van der Waals surface area contributed by atoms with Crippen LogP contribution < -0.4 is 5.73 Å². The molecule has 2 aromatic rings. The lowest BCUT2D eigenvalue weighted by atomic mass is 10.2. The quantitative estimate of drug-likeness (QED) is 0.832. The van der Waals surface area contributed by atoms with Gasteiger partial charge in [0, 0.05) is 10.2 Å². The molecule has 0 aliphatic heterocycles. The number of benzene rings is 1. The highest BCUT2D eigenvalue weighted by Crippen LogP contribution is 2.23. The van der Waals surface area contributed by atoms with E-state index in [1.807, 2.05) is 36.7 Å². The molecule has 1 heterocycles. The van der Waals surface area contributed by atoms with Crippen molar-refractivity contribution in [3.63, 3.8) is 0 Å². The number of hydrogen-bond acceptors (Lipinski definition) is 2. The summed E-state index contributed by atoms with van der Waals surface area (Å²) < 4.78 is 4.01. The van der Waals surface area contributed by atoms with Gasteiger partial charge in [0.2, 0.25) is 0 Å². The summed E-state index contributed by atoms with van der Waals surface area (Å²) in [4.78, 5) is 0. The molecule has 2 rings (SSSR count). The number of aryl methyl sites for hydroxylation is 1. The molecule has 0 unspecified atom stereocenters. The molecule has 0 atom stereocenters. The summed E-state index contributed by atoms with van der Waals surface area (Å²) in [6, 6.07) is 5.92. The predicted molar refractivity (Wildman–Crippen MR) is 77.1 cm³/mol. The Morgan fingerprint density at radius 3 is 2.53 bits per heavy atom. The molecule has 0 spiro atoms. The number of halogens is 2. The maximum atomic E-state index is 5.98. The lowest BCUT2D eigenvalue weighted by molar-refractivity contribution is 0.660. The lowest BCUT2D eigenvalue weighted by Crippen LogP contribution is -2.06. The molecular weight excluding hydrogens is 346 g/mol. The van der Waals surface area contributed by atoms with Crippen molar-refractivity contribution in [1.82, 2.24) is 9.78 Å². The van der Waals surface area contributed by atoms with Crippen LogP contribution in [-0.2, 0) is 6.54 Å². The zero-order valence-electron chi connectivity index (χ0n) is 9.67.